The van der Waals surface area contributed by atoms with Gasteiger partial charge in [-0.15, -0.1) is 0 Å². The Morgan fingerprint density at radius 2 is 1.92 bits per heavy atom. The van der Waals surface area contributed by atoms with Crippen LogP contribution in [0.2, 0.25) is 0 Å². The predicted octanol–water partition coefficient (Wildman–Crippen LogP) is 3.37. The van der Waals surface area contributed by atoms with Crippen molar-refractivity contribution in [2.45, 2.75) is 0 Å². The van der Waals surface area contributed by atoms with Gasteiger partial charge in [0, 0.05) is 0 Å². The minimum absolute atomic E-state index is 0.206. The molecule has 1 aliphatic heterocycles. The van der Waals surface area contributed by atoms with Crippen LogP contribution in [0.4, 0.5) is 5.69 Å². The van der Waals surface area contributed by atoms with E-state index < -0.39 is 5.97 Å². The van der Waals surface area contributed by atoms with Crippen molar-refractivity contribution in [1.29, 1.82) is 0 Å². The van der Waals surface area contributed by atoms with Crippen LogP contribution in [0.1, 0.15) is 15.9 Å². The molecule has 132 valence electrons. The number of nitrogens with one attached hydrogen (secondary N) is 1. The van der Waals surface area contributed by atoms with Crippen LogP contribution in [-0.4, -0.2) is 31.3 Å². The van der Waals surface area contributed by atoms with Gasteiger partial charge in [-0.2, -0.15) is 0 Å². The number of amides is 1. The van der Waals surface area contributed by atoms with E-state index in [1.165, 1.54) is 18.9 Å². The van der Waals surface area contributed by atoms with Gasteiger partial charge >= 0.3 is 5.97 Å². The van der Waals surface area contributed by atoms with E-state index >= 15 is 0 Å². The van der Waals surface area contributed by atoms with E-state index in [1.54, 1.807) is 37.5 Å². The van der Waals surface area contributed by atoms with E-state index in [0.717, 1.165) is 11.3 Å². The summed E-state index contributed by atoms with van der Waals surface area (Å²) in [6.45, 7) is 0. The third-order valence-electron chi connectivity index (χ3n) is 3.56. The fourth-order valence-corrected chi connectivity index (χ4v) is 3.11. The molecule has 1 aliphatic rings. The van der Waals surface area contributed by atoms with Crippen LogP contribution in [0.15, 0.2) is 58.4 Å². The Kier molecular flexibility index (Phi) is 5.38. The highest BCUT2D eigenvalue weighted by atomic mass is 32.2. The predicted molar refractivity (Wildman–Crippen MR) is 102 cm³/mol. The van der Waals surface area contributed by atoms with Gasteiger partial charge in [-0.25, -0.2) is 9.79 Å². The lowest BCUT2D eigenvalue weighted by Crippen LogP contribution is -2.19. The van der Waals surface area contributed by atoms with Crippen LogP contribution in [0, 0.1) is 0 Å². The molecular weight excluding hydrogens is 352 g/mol. The number of methoxy groups -OCH3 is 2. The highest BCUT2D eigenvalue weighted by molar-refractivity contribution is 8.18. The normalized spacial score (nSPS) is 16.6. The highest BCUT2D eigenvalue weighted by Gasteiger charge is 2.23. The average molecular weight is 368 g/mol. The third kappa shape index (κ3) is 4.12. The molecule has 0 atom stereocenters. The van der Waals surface area contributed by atoms with Gasteiger partial charge in [0.2, 0.25) is 0 Å². The molecule has 7 heteroatoms. The second-order valence-corrected chi connectivity index (χ2v) is 6.33. The molecule has 1 N–H and O–H groups in total. The zero-order chi connectivity index (χ0) is 18.5. The van der Waals surface area contributed by atoms with Gasteiger partial charge in [-0.3, -0.25) is 4.79 Å². The van der Waals surface area contributed by atoms with Gasteiger partial charge in [0.05, 0.1) is 30.4 Å². The monoisotopic (exact) mass is 368 g/mol. The maximum absolute atomic E-state index is 12.1. The molecule has 0 aromatic heterocycles. The number of amidine groups is 1. The molecule has 0 unspecified atom stereocenters. The first-order valence-electron chi connectivity index (χ1n) is 7.71. The van der Waals surface area contributed by atoms with Crippen molar-refractivity contribution < 1.29 is 19.1 Å². The Morgan fingerprint density at radius 3 is 2.62 bits per heavy atom. The molecule has 1 saturated heterocycles. The van der Waals surface area contributed by atoms with E-state index in [4.69, 9.17) is 4.74 Å². The number of benzene rings is 2. The second kappa shape index (κ2) is 7.88. The first-order chi connectivity index (χ1) is 12.6. The third-order valence-corrected chi connectivity index (χ3v) is 4.47. The van der Waals surface area contributed by atoms with Crippen LogP contribution in [0.5, 0.6) is 5.75 Å². The lowest BCUT2D eigenvalue weighted by Gasteiger charge is -2.00. The van der Waals surface area contributed by atoms with Gasteiger partial charge in [-0.1, -0.05) is 12.1 Å². The van der Waals surface area contributed by atoms with Crippen molar-refractivity contribution in [3.05, 3.63) is 64.6 Å². The molecule has 1 fully saturated rings. The number of carbonyl (C=O) groups excluding carboxylic acids is 2. The molecule has 2 aromatic carbocycles. The lowest BCUT2D eigenvalue weighted by atomic mass is 10.2. The number of ether oxygens (including phenoxy) is 2. The van der Waals surface area contributed by atoms with Crippen molar-refractivity contribution in [3.8, 4) is 5.75 Å². The van der Waals surface area contributed by atoms with Crippen LogP contribution >= 0.6 is 11.8 Å². The van der Waals surface area contributed by atoms with E-state index in [-0.39, 0.29) is 5.91 Å². The number of aliphatic imine (C=N–C) groups is 1. The van der Waals surface area contributed by atoms with E-state index in [2.05, 4.69) is 15.0 Å². The van der Waals surface area contributed by atoms with Crippen molar-refractivity contribution in [1.82, 2.24) is 5.32 Å². The van der Waals surface area contributed by atoms with Crippen molar-refractivity contribution >= 4 is 40.6 Å². The van der Waals surface area contributed by atoms with Crippen LogP contribution in [0.25, 0.3) is 6.08 Å². The molecule has 3 rings (SSSR count). The van der Waals surface area contributed by atoms with Crippen LogP contribution in [-0.2, 0) is 9.53 Å². The molecule has 0 spiro atoms. The fraction of sp³-hybridized carbons (Fsp3) is 0.105. The quantitative estimate of drug-likeness (QED) is 0.661. The highest BCUT2D eigenvalue weighted by Crippen LogP contribution is 2.28. The molecule has 0 saturated carbocycles. The molecule has 2 aromatic rings. The van der Waals surface area contributed by atoms with Crippen LogP contribution < -0.4 is 10.1 Å². The summed E-state index contributed by atoms with van der Waals surface area (Å²) in [5, 5.41) is 3.21. The summed E-state index contributed by atoms with van der Waals surface area (Å²) in [6, 6.07) is 14.1. The molecule has 1 amide bonds. The van der Waals surface area contributed by atoms with Gasteiger partial charge in [-0.05, 0) is 59.8 Å². The van der Waals surface area contributed by atoms with Crippen molar-refractivity contribution in [2.24, 2.45) is 4.99 Å². The Bertz CT molecular complexity index is 904. The summed E-state index contributed by atoms with van der Waals surface area (Å²) in [6.07, 6.45) is 1.78. The number of thioether (sulfide) groups is 1. The zero-order valence-corrected chi connectivity index (χ0v) is 15.0. The summed E-state index contributed by atoms with van der Waals surface area (Å²) < 4.78 is 9.85. The molecule has 26 heavy (non-hydrogen) atoms. The first-order valence-corrected chi connectivity index (χ1v) is 8.53. The average Bonchev–Trinajstić information content (AvgIpc) is 3.00. The van der Waals surface area contributed by atoms with Gasteiger partial charge < -0.3 is 14.8 Å². The summed E-state index contributed by atoms with van der Waals surface area (Å²) >= 11 is 1.25. The SMILES string of the molecule is COC(=O)c1ccc(N=C2NC(=O)C(=Cc3cccc(OC)c3)S2)cc1. The van der Waals surface area contributed by atoms with Gasteiger partial charge in [0.15, 0.2) is 5.17 Å². The maximum atomic E-state index is 12.1. The molecule has 1 heterocycles. The molecule has 0 aliphatic carbocycles. The van der Waals surface area contributed by atoms with Gasteiger partial charge in [0.25, 0.3) is 5.91 Å². The van der Waals surface area contributed by atoms with E-state index in [1.807, 2.05) is 24.3 Å². The smallest absolute Gasteiger partial charge is 0.337 e. The topological polar surface area (TPSA) is 77.0 Å². The summed E-state index contributed by atoms with van der Waals surface area (Å²) in [5.41, 5.74) is 1.94. The standard InChI is InChI=1S/C19H16N2O4S/c1-24-15-5-3-4-12(10-15)11-16-17(22)21-19(26-16)20-14-8-6-13(7-9-14)18(23)25-2/h3-11H,1-2H3,(H,20,21,22). The summed E-state index contributed by atoms with van der Waals surface area (Å²) in [5.74, 6) is 0.112. The largest absolute Gasteiger partial charge is 0.497 e. The minimum atomic E-state index is -0.406. The Labute approximate surface area is 154 Å². The maximum Gasteiger partial charge on any atom is 0.337 e. The van der Waals surface area contributed by atoms with E-state index in [0.29, 0.717) is 21.3 Å². The number of carbonyl (C=O) groups is 2. The molecule has 0 bridgehead atoms. The Balaban J connectivity index is 1.77. The Hall–Kier alpha value is -3.06. The number of hydrogen-bond acceptors (Lipinski definition) is 6. The van der Waals surface area contributed by atoms with E-state index in [9.17, 15) is 9.59 Å². The number of esters is 1. The fourth-order valence-electron chi connectivity index (χ4n) is 2.27. The van der Waals surface area contributed by atoms with Gasteiger partial charge in [0.1, 0.15) is 5.75 Å². The molecule has 6 nitrogen and oxygen atoms in total. The summed E-state index contributed by atoms with van der Waals surface area (Å²) in [4.78, 5) is 28.5. The first kappa shape index (κ1) is 17.8. The zero-order valence-electron chi connectivity index (χ0n) is 14.2. The Morgan fingerprint density at radius 1 is 1.15 bits per heavy atom. The van der Waals surface area contributed by atoms with Crippen molar-refractivity contribution in [2.75, 3.05) is 14.2 Å². The van der Waals surface area contributed by atoms with Crippen LogP contribution in [0.3, 0.4) is 0 Å². The lowest BCUT2D eigenvalue weighted by molar-refractivity contribution is -0.115. The molecule has 0 radical (unpaired) electrons. The summed E-state index contributed by atoms with van der Waals surface area (Å²) in [7, 11) is 2.93. The number of rotatable bonds is 4. The minimum Gasteiger partial charge on any atom is -0.497 e. The number of hydrogen-bond donors (Lipinski definition) is 1. The van der Waals surface area contributed by atoms with Crippen molar-refractivity contribution in [3.63, 3.8) is 0 Å². The molecular formula is C19H16N2O4S. The number of nitrogens with zero attached hydrogens (tertiary/aromatic N) is 1. The second-order valence-electron chi connectivity index (χ2n) is 5.30.